The Bertz CT molecular complexity index is 871. The number of rotatable bonds is 4. The minimum absolute atomic E-state index is 0.0432. The summed E-state index contributed by atoms with van der Waals surface area (Å²) in [6, 6.07) is 23.0. The molecule has 0 N–H and O–H groups in total. The summed E-state index contributed by atoms with van der Waals surface area (Å²) in [5.74, 6) is 0.469. The van der Waals surface area contributed by atoms with Crippen LogP contribution < -0.4 is 0 Å². The maximum absolute atomic E-state index is 13.2. The minimum Gasteiger partial charge on any atom is -0.331 e. The van der Waals surface area contributed by atoms with E-state index in [1.165, 1.54) is 21.6 Å². The Hall–Kier alpha value is -2.39. The predicted molar refractivity (Wildman–Crippen MR) is 107 cm³/mol. The Morgan fingerprint density at radius 2 is 1.77 bits per heavy atom. The summed E-state index contributed by atoms with van der Waals surface area (Å²) in [4.78, 5) is 16.7. The van der Waals surface area contributed by atoms with Crippen LogP contribution in [0.4, 0.5) is 0 Å². The van der Waals surface area contributed by atoms with Crippen LogP contribution in [0.25, 0.3) is 0 Å². The molecule has 2 aromatic carbocycles. The van der Waals surface area contributed by atoms with Gasteiger partial charge in [0.05, 0.1) is 6.04 Å². The molecule has 2 atom stereocenters. The number of carbonyl (C=O) groups is 1. The zero-order chi connectivity index (χ0) is 17.9. The second kappa shape index (κ2) is 7.46. The number of benzene rings is 2. The molecular formula is C23H23NOS. The van der Waals surface area contributed by atoms with Gasteiger partial charge in [0.25, 0.3) is 0 Å². The van der Waals surface area contributed by atoms with Crippen molar-refractivity contribution in [3.63, 3.8) is 0 Å². The van der Waals surface area contributed by atoms with Crippen molar-refractivity contribution in [3.8, 4) is 0 Å². The first-order valence-electron chi connectivity index (χ1n) is 9.19. The largest absolute Gasteiger partial charge is 0.331 e. The van der Waals surface area contributed by atoms with Gasteiger partial charge < -0.3 is 4.90 Å². The summed E-state index contributed by atoms with van der Waals surface area (Å²) in [6.45, 7) is 2.94. The van der Waals surface area contributed by atoms with E-state index in [1.807, 2.05) is 35.6 Å². The van der Waals surface area contributed by atoms with Crippen molar-refractivity contribution in [2.45, 2.75) is 31.7 Å². The molecule has 0 unspecified atom stereocenters. The molecule has 1 aliphatic rings. The highest BCUT2D eigenvalue weighted by Gasteiger charge is 2.33. The first kappa shape index (κ1) is 17.0. The van der Waals surface area contributed by atoms with Crippen molar-refractivity contribution >= 4 is 17.2 Å². The van der Waals surface area contributed by atoms with Crippen molar-refractivity contribution < 1.29 is 4.79 Å². The zero-order valence-electron chi connectivity index (χ0n) is 15.0. The summed E-state index contributed by atoms with van der Waals surface area (Å²) in [6.07, 6.45) is 1.51. The Kier molecular flexibility index (Phi) is 4.89. The SMILES string of the molecule is C[C@@H](CC(=O)N1CCc2sccc2[C@H]1c1ccccc1)c1ccccc1. The van der Waals surface area contributed by atoms with Gasteiger partial charge in [0.1, 0.15) is 0 Å². The fraction of sp³-hybridized carbons (Fsp3) is 0.261. The highest BCUT2D eigenvalue weighted by atomic mass is 32.1. The van der Waals surface area contributed by atoms with Crippen molar-refractivity contribution in [3.05, 3.63) is 93.7 Å². The van der Waals surface area contributed by atoms with Gasteiger partial charge in [0, 0.05) is 17.8 Å². The average molecular weight is 362 g/mol. The van der Waals surface area contributed by atoms with Gasteiger partial charge in [0.15, 0.2) is 0 Å². The van der Waals surface area contributed by atoms with Crippen LogP contribution in [0.2, 0.25) is 0 Å². The molecule has 2 nitrogen and oxygen atoms in total. The number of carbonyl (C=O) groups excluding carboxylic acids is 1. The minimum atomic E-state index is 0.0432. The van der Waals surface area contributed by atoms with Gasteiger partial charge in [-0.25, -0.2) is 0 Å². The molecular weight excluding hydrogens is 338 g/mol. The maximum atomic E-state index is 13.2. The van der Waals surface area contributed by atoms with Crippen LogP contribution in [0.15, 0.2) is 72.1 Å². The molecule has 3 heteroatoms. The molecule has 1 amide bonds. The van der Waals surface area contributed by atoms with E-state index >= 15 is 0 Å². The monoisotopic (exact) mass is 361 g/mol. The Morgan fingerprint density at radius 1 is 1.08 bits per heavy atom. The number of hydrogen-bond acceptors (Lipinski definition) is 2. The van der Waals surface area contributed by atoms with Gasteiger partial charge in [-0.3, -0.25) is 4.79 Å². The van der Waals surface area contributed by atoms with Gasteiger partial charge in [-0.15, -0.1) is 11.3 Å². The van der Waals surface area contributed by atoms with Crippen LogP contribution in [0.5, 0.6) is 0 Å². The lowest BCUT2D eigenvalue weighted by molar-refractivity contribution is -0.133. The van der Waals surface area contributed by atoms with Crippen molar-refractivity contribution in [1.29, 1.82) is 0 Å². The molecule has 0 aliphatic carbocycles. The van der Waals surface area contributed by atoms with Gasteiger partial charge in [-0.2, -0.15) is 0 Å². The van der Waals surface area contributed by atoms with Gasteiger partial charge in [-0.1, -0.05) is 67.6 Å². The van der Waals surface area contributed by atoms with Gasteiger partial charge >= 0.3 is 0 Å². The number of thiophene rings is 1. The summed E-state index contributed by atoms with van der Waals surface area (Å²) in [5, 5.41) is 2.15. The first-order chi connectivity index (χ1) is 12.7. The average Bonchev–Trinajstić information content (AvgIpc) is 3.17. The number of fused-ring (bicyclic) bond motifs is 1. The first-order valence-corrected chi connectivity index (χ1v) is 10.1. The molecule has 0 fully saturated rings. The van der Waals surface area contributed by atoms with E-state index in [2.05, 4.69) is 59.7 Å². The maximum Gasteiger partial charge on any atom is 0.223 e. The summed E-state index contributed by atoms with van der Waals surface area (Å²) >= 11 is 1.81. The lowest BCUT2D eigenvalue weighted by Crippen LogP contribution is -2.40. The van der Waals surface area contributed by atoms with E-state index in [0.717, 1.165) is 13.0 Å². The Morgan fingerprint density at radius 3 is 2.50 bits per heavy atom. The van der Waals surface area contributed by atoms with Gasteiger partial charge in [-0.05, 0) is 40.5 Å². The molecule has 132 valence electrons. The highest BCUT2D eigenvalue weighted by molar-refractivity contribution is 7.10. The number of nitrogens with zero attached hydrogens (tertiary/aromatic N) is 1. The van der Waals surface area contributed by atoms with Crippen LogP contribution >= 0.6 is 11.3 Å². The lowest BCUT2D eigenvalue weighted by atomic mass is 9.91. The third kappa shape index (κ3) is 3.32. The van der Waals surface area contributed by atoms with Crippen LogP contribution in [-0.2, 0) is 11.2 Å². The van der Waals surface area contributed by atoms with Crippen LogP contribution in [-0.4, -0.2) is 17.4 Å². The third-order valence-corrected chi connectivity index (χ3v) is 6.25. The molecule has 1 aromatic heterocycles. The standard InChI is InChI=1S/C23H23NOS/c1-17(18-8-4-2-5-9-18)16-22(25)24-14-12-21-20(13-15-26-21)23(24)19-10-6-3-7-11-19/h2-11,13,15,17,23H,12,14,16H2,1H3/t17-,23+/m0/s1. The Balaban J connectivity index is 1.61. The molecule has 26 heavy (non-hydrogen) atoms. The van der Waals surface area contributed by atoms with E-state index in [1.54, 1.807) is 0 Å². The van der Waals surface area contributed by atoms with Crippen LogP contribution in [0.3, 0.4) is 0 Å². The molecule has 0 saturated carbocycles. The highest BCUT2D eigenvalue weighted by Crippen LogP contribution is 2.38. The topological polar surface area (TPSA) is 20.3 Å². The smallest absolute Gasteiger partial charge is 0.223 e. The third-order valence-electron chi connectivity index (χ3n) is 5.25. The lowest BCUT2D eigenvalue weighted by Gasteiger charge is -2.37. The van der Waals surface area contributed by atoms with E-state index in [9.17, 15) is 4.79 Å². The van der Waals surface area contributed by atoms with Crippen molar-refractivity contribution in [2.24, 2.45) is 0 Å². The normalized spacial score (nSPS) is 17.6. The summed E-state index contributed by atoms with van der Waals surface area (Å²) < 4.78 is 0. The molecule has 0 spiro atoms. The summed E-state index contributed by atoms with van der Waals surface area (Å²) in [5.41, 5.74) is 3.73. The fourth-order valence-electron chi connectivity index (χ4n) is 3.86. The van der Waals surface area contributed by atoms with Crippen molar-refractivity contribution in [1.82, 2.24) is 4.90 Å². The molecule has 0 bridgehead atoms. The number of hydrogen-bond donors (Lipinski definition) is 0. The number of amides is 1. The van der Waals surface area contributed by atoms with Crippen molar-refractivity contribution in [2.75, 3.05) is 6.54 Å². The zero-order valence-corrected chi connectivity index (χ0v) is 15.8. The molecule has 0 radical (unpaired) electrons. The predicted octanol–water partition coefficient (Wildman–Crippen LogP) is 5.42. The molecule has 1 aliphatic heterocycles. The molecule has 0 saturated heterocycles. The van der Waals surface area contributed by atoms with E-state index in [-0.39, 0.29) is 17.9 Å². The van der Waals surface area contributed by atoms with Crippen LogP contribution in [0.1, 0.15) is 46.9 Å². The quantitative estimate of drug-likeness (QED) is 0.608. The molecule has 3 aromatic rings. The molecule has 2 heterocycles. The van der Waals surface area contributed by atoms with E-state index in [4.69, 9.17) is 0 Å². The van der Waals surface area contributed by atoms with Crippen LogP contribution in [0, 0.1) is 0 Å². The summed E-state index contributed by atoms with van der Waals surface area (Å²) in [7, 11) is 0. The van der Waals surface area contributed by atoms with E-state index in [0.29, 0.717) is 6.42 Å². The second-order valence-electron chi connectivity index (χ2n) is 6.97. The van der Waals surface area contributed by atoms with E-state index < -0.39 is 0 Å². The second-order valence-corrected chi connectivity index (χ2v) is 7.97. The Labute approximate surface area is 159 Å². The fourth-order valence-corrected chi connectivity index (χ4v) is 4.76. The molecule has 4 rings (SSSR count). The van der Waals surface area contributed by atoms with Gasteiger partial charge in [0.2, 0.25) is 5.91 Å².